The van der Waals surface area contributed by atoms with Crippen LogP contribution in [0.3, 0.4) is 0 Å². The van der Waals surface area contributed by atoms with E-state index < -0.39 is 10.0 Å². The molecule has 0 amide bonds. The maximum atomic E-state index is 12.9. The highest BCUT2D eigenvalue weighted by atomic mass is 35.5. The minimum Gasteiger partial charge on any atom is -0.495 e. The van der Waals surface area contributed by atoms with E-state index in [1.165, 1.54) is 19.2 Å². The van der Waals surface area contributed by atoms with Crippen molar-refractivity contribution in [2.45, 2.75) is 4.90 Å². The van der Waals surface area contributed by atoms with Gasteiger partial charge in [0.05, 0.1) is 28.1 Å². The summed E-state index contributed by atoms with van der Waals surface area (Å²) >= 11 is 12.2. The first kappa shape index (κ1) is 21.2. The molecule has 0 bridgehead atoms. The quantitative estimate of drug-likeness (QED) is 0.383. The fraction of sp³-hybridized carbons (Fsp3) is 0.0476. The summed E-state index contributed by atoms with van der Waals surface area (Å²) in [5.41, 5.74) is 1.71. The van der Waals surface area contributed by atoms with Crippen molar-refractivity contribution >= 4 is 61.6 Å². The molecule has 0 fully saturated rings. The minimum atomic E-state index is -3.96. The Morgan fingerprint density at radius 2 is 1.58 bits per heavy atom. The summed E-state index contributed by atoms with van der Waals surface area (Å²) in [6.07, 6.45) is 0. The smallest absolute Gasteiger partial charge is 0.263 e. The third-order valence-electron chi connectivity index (χ3n) is 4.32. The Balaban J connectivity index is 1.77. The number of halogens is 2. The molecule has 158 valence electrons. The molecular weight excluding hydrogens is 459 g/mol. The number of nitrogens with zero attached hydrogens (tertiary/aromatic N) is 2. The second-order valence-electron chi connectivity index (χ2n) is 6.45. The Hall–Kier alpha value is -3.07. The van der Waals surface area contributed by atoms with Crippen LogP contribution >= 0.6 is 23.2 Å². The van der Waals surface area contributed by atoms with E-state index in [0.29, 0.717) is 32.5 Å². The molecule has 31 heavy (non-hydrogen) atoms. The van der Waals surface area contributed by atoms with Gasteiger partial charge < -0.3 is 10.1 Å². The molecule has 0 radical (unpaired) electrons. The van der Waals surface area contributed by atoms with Crippen LogP contribution in [-0.4, -0.2) is 25.5 Å². The number of methoxy groups -OCH3 is 1. The van der Waals surface area contributed by atoms with Gasteiger partial charge in [0.2, 0.25) is 0 Å². The number of rotatable bonds is 6. The molecule has 0 aliphatic carbocycles. The van der Waals surface area contributed by atoms with E-state index in [1.54, 1.807) is 48.5 Å². The monoisotopic (exact) mass is 474 g/mol. The molecular formula is C21H16Cl2N4O3S. The standard InChI is InChI=1S/C21H16Cl2N4O3S/c1-30-19-10-9-14(12-16(19)23)24-20-21(26-18-8-3-2-7-17(18)25-20)27-31(28,29)15-6-4-5-13(22)11-15/h2-12H,1H3,(H,24,25)(H,26,27). The van der Waals surface area contributed by atoms with Crippen LogP contribution in [0, 0.1) is 0 Å². The SMILES string of the molecule is COc1ccc(Nc2nc3ccccc3nc2NS(=O)(=O)c2cccc(Cl)c2)cc1Cl. The third kappa shape index (κ3) is 4.66. The van der Waals surface area contributed by atoms with E-state index in [9.17, 15) is 8.42 Å². The summed E-state index contributed by atoms with van der Waals surface area (Å²) in [4.78, 5) is 9.00. The van der Waals surface area contributed by atoms with Gasteiger partial charge in [-0.1, -0.05) is 41.4 Å². The highest BCUT2D eigenvalue weighted by Gasteiger charge is 2.19. The fourth-order valence-corrected chi connectivity index (χ4v) is 4.43. The van der Waals surface area contributed by atoms with Gasteiger partial charge in [-0.25, -0.2) is 18.4 Å². The van der Waals surface area contributed by atoms with Crippen molar-refractivity contribution in [2.75, 3.05) is 17.1 Å². The summed E-state index contributed by atoms with van der Waals surface area (Å²) in [6, 6.07) is 18.2. The highest BCUT2D eigenvalue weighted by Crippen LogP contribution is 2.31. The lowest BCUT2D eigenvalue weighted by Crippen LogP contribution is -2.16. The summed E-state index contributed by atoms with van der Waals surface area (Å²) in [5.74, 6) is 0.759. The van der Waals surface area contributed by atoms with E-state index in [-0.39, 0.29) is 16.5 Å². The van der Waals surface area contributed by atoms with E-state index in [4.69, 9.17) is 27.9 Å². The molecule has 10 heteroatoms. The molecule has 0 saturated heterocycles. The summed E-state index contributed by atoms with van der Waals surface area (Å²) < 4.78 is 33.5. The summed E-state index contributed by atoms with van der Waals surface area (Å²) in [5, 5.41) is 3.77. The maximum Gasteiger partial charge on any atom is 0.263 e. The Morgan fingerprint density at radius 3 is 2.23 bits per heavy atom. The van der Waals surface area contributed by atoms with Crippen molar-refractivity contribution in [3.63, 3.8) is 0 Å². The zero-order valence-corrected chi connectivity index (χ0v) is 18.5. The van der Waals surface area contributed by atoms with Gasteiger partial charge in [0.1, 0.15) is 5.75 Å². The molecule has 0 spiro atoms. The van der Waals surface area contributed by atoms with Crippen LogP contribution < -0.4 is 14.8 Å². The molecule has 1 aromatic heterocycles. The number of ether oxygens (including phenoxy) is 1. The molecule has 3 aromatic carbocycles. The molecule has 0 aliphatic rings. The second kappa shape index (κ2) is 8.58. The predicted octanol–water partition coefficient (Wildman–Crippen LogP) is 5.49. The van der Waals surface area contributed by atoms with Crippen LogP contribution in [0.15, 0.2) is 71.6 Å². The number of hydrogen-bond acceptors (Lipinski definition) is 6. The Kier molecular flexibility index (Phi) is 5.86. The first-order chi connectivity index (χ1) is 14.9. The number of sulfonamides is 1. The van der Waals surface area contributed by atoms with Crippen LogP contribution in [0.2, 0.25) is 10.0 Å². The molecule has 0 atom stereocenters. The number of benzene rings is 3. The molecule has 1 heterocycles. The van der Waals surface area contributed by atoms with Crippen LogP contribution in [0.5, 0.6) is 5.75 Å². The highest BCUT2D eigenvalue weighted by molar-refractivity contribution is 7.92. The lowest BCUT2D eigenvalue weighted by molar-refractivity contribution is 0.415. The van der Waals surface area contributed by atoms with Gasteiger partial charge >= 0.3 is 0 Å². The average molecular weight is 475 g/mol. The zero-order chi connectivity index (χ0) is 22.0. The predicted molar refractivity (Wildman–Crippen MR) is 123 cm³/mol. The topological polar surface area (TPSA) is 93.2 Å². The van der Waals surface area contributed by atoms with Crippen molar-refractivity contribution in [1.82, 2.24) is 9.97 Å². The van der Waals surface area contributed by atoms with Gasteiger partial charge in [0, 0.05) is 10.7 Å². The van der Waals surface area contributed by atoms with Crippen molar-refractivity contribution < 1.29 is 13.2 Å². The average Bonchev–Trinajstić information content (AvgIpc) is 2.74. The molecule has 0 saturated carbocycles. The van der Waals surface area contributed by atoms with Crippen LogP contribution in [0.25, 0.3) is 11.0 Å². The van der Waals surface area contributed by atoms with Gasteiger partial charge in [-0.2, -0.15) is 0 Å². The van der Waals surface area contributed by atoms with E-state index in [0.717, 1.165) is 0 Å². The van der Waals surface area contributed by atoms with Crippen molar-refractivity contribution in [3.05, 3.63) is 76.8 Å². The largest absolute Gasteiger partial charge is 0.495 e. The molecule has 2 N–H and O–H groups in total. The summed E-state index contributed by atoms with van der Waals surface area (Å²) in [6.45, 7) is 0. The van der Waals surface area contributed by atoms with E-state index in [1.807, 2.05) is 6.07 Å². The number of para-hydroxylation sites is 2. The van der Waals surface area contributed by atoms with E-state index in [2.05, 4.69) is 20.0 Å². The Morgan fingerprint density at radius 1 is 0.871 bits per heavy atom. The number of hydrogen-bond donors (Lipinski definition) is 2. The normalized spacial score (nSPS) is 11.3. The molecule has 4 aromatic rings. The van der Waals surface area contributed by atoms with Gasteiger partial charge in [-0.3, -0.25) is 4.72 Å². The Bertz CT molecular complexity index is 1380. The van der Waals surface area contributed by atoms with Gasteiger partial charge in [0.25, 0.3) is 10.0 Å². The second-order valence-corrected chi connectivity index (χ2v) is 8.97. The fourth-order valence-electron chi connectivity index (χ4n) is 2.86. The van der Waals surface area contributed by atoms with Gasteiger partial charge in [0.15, 0.2) is 11.6 Å². The minimum absolute atomic E-state index is 0.00778. The number of fused-ring (bicyclic) bond motifs is 1. The summed E-state index contributed by atoms with van der Waals surface area (Å²) in [7, 11) is -2.44. The first-order valence-corrected chi connectivity index (χ1v) is 11.3. The lowest BCUT2D eigenvalue weighted by atomic mass is 10.3. The first-order valence-electron chi connectivity index (χ1n) is 9.01. The molecule has 7 nitrogen and oxygen atoms in total. The van der Waals surface area contributed by atoms with E-state index >= 15 is 0 Å². The van der Waals surface area contributed by atoms with Crippen molar-refractivity contribution in [2.24, 2.45) is 0 Å². The third-order valence-corrected chi connectivity index (χ3v) is 6.19. The van der Waals surface area contributed by atoms with Crippen LogP contribution in [-0.2, 0) is 10.0 Å². The maximum absolute atomic E-state index is 12.9. The number of anilines is 3. The van der Waals surface area contributed by atoms with Crippen molar-refractivity contribution in [3.8, 4) is 5.75 Å². The Labute approximate surface area is 189 Å². The molecule has 0 unspecified atom stereocenters. The zero-order valence-electron chi connectivity index (χ0n) is 16.1. The lowest BCUT2D eigenvalue weighted by Gasteiger charge is -2.14. The van der Waals surface area contributed by atoms with Crippen LogP contribution in [0.4, 0.5) is 17.3 Å². The van der Waals surface area contributed by atoms with Gasteiger partial charge in [-0.05, 0) is 48.5 Å². The van der Waals surface area contributed by atoms with Crippen molar-refractivity contribution in [1.29, 1.82) is 0 Å². The van der Waals surface area contributed by atoms with Gasteiger partial charge in [-0.15, -0.1) is 0 Å². The molecule has 0 aliphatic heterocycles. The number of aromatic nitrogens is 2. The molecule has 4 rings (SSSR count). The number of nitrogens with one attached hydrogen (secondary N) is 2. The van der Waals surface area contributed by atoms with Crippen LogP contribution in [0.1, 0.15) is 0 Å².